The van der Waals surface area contributed by atoms with Gasteiger partial charge in [-0.1, -0.05) is 29.8 Å². The molecule has 0 unspecified atom stereocenters. The highest BCUT2D eigenvalue weighted by molar-refractivity contribution is 14.0. The lowest BCUT2D eigenvalue weighted by Gasteiger charge is -2.27. The van der Waals surface area contributed by atoms with E-state index in [1.54, 1.807) is 0 Å². The van der Waals surface area contributed by atoms with Crippen molar-refractivity contribution in [2.24, 2.45) is 10.7 Å². The Labute approximate surface area is 161 Å². The van der Waals surface area contributed by atoms with Crippen LogP contribution in [0.1, 0.15) is 23.1 Å². The average molecular weight is 436 g/mol. The first-order chi connectivity index (χ1) is 11.1. The summed E-state index contributed by atoms with van der Waals surface area (Å²) >= 11 is 0. The molecule has 0 saturated carbocycles. The molecule has 3 N–H and O–H groups in total. The highest BCUT2D eigenvalue weighted by Crippen LogP contribution is 2.26. The largest absolute Gasteiger partial charge is 0.374 e. The molecule has 0 radical (unpaired) electrons. The SMILES string of the molecule is Cc1ccc(NC(N)=NCc2ccc3c(c2)CCCN3C)cc1.I. The number of nitrogens with zero attached hydrogens (tertiary/aromatic N) is 2. The molecule has 2 aromatic rings. The van der Waals surface area contributed by atoms with Crippen LogP contribution in [0.15, 0.2) is 47.5 Å². The minimum absolute atomic E-state index is 0. The van der Waals surface area contributed by atoms with E-state index in [1.807, 2.05) is 12.1 Å². The molecule has 0 spiro atoms. The first-order valence-corrected chi connectivity index (χ1v) is 8.08. The van der Waals surface area contributed by atoms with Crippen LogP contribution in [0.25, 0.3) is 0 Å². The molecule has 5 heteroatoms. The summed E-state index contributed by atoms with van der Waals surface area (Å²) in [6.45, 7) is 3.80. The molecule has 0 fully saturated rings. The molecule has 3 rings (SSSR count). The number of rotatable bonds is 3. The van der Waals surface area contributed by atoms with Gasteiger partial charge < -0.3 is 16.0 Å². The van der Waals surface area contributed by atoms with Crippen molar-refractivity contribution in [3.05, 3.63) is 59.2 Å². The zero-order valence-corrected chi connectivity index (χ0v) is 16.6. The lowest BCUT2D eigenvalue weighted by atomic mass is 10.00. The zero-order chi connectivity index (χ0) is 16.2. The van der Waals surface area contributed by atoms with Gasteiger partial charge >= 0.3 is 0 Å². The number of halogens is 1. The summed E-state index contributed by atoms with van der Waals surface area (Å²) in [4.78, 5) is 6.77. The summed E-state index contributed by atoms with van der Waals surface area (Å²) in [5.74, 6) is 0.448. The molecule has 0 atom stereocenters. The predicted octanol–water partition coefficient (Wildman–Crippen LogP) is 3.92. The predicted molar refractivity (Wildman–Crippen MR) is 114 cm³/mol. The molecule has 0 saturated heterocycles. The van der Waals surface area contributed by atoms with Gasteiger partial charge in [0.15, 0.2) is 5.96 Å². The first-order valence-electron chi connectivity index (χ1n) is 8.08. The maximum atomic E-state index is 5.98. The third-order valence-corrected chi connectivity index (χ3v) is 4.25. The van der Waals surface area contributed by atoms with Gasteiger partial charge in [-0.15, -0.1) is 24.0 Å². The number of hydrogen-bond donors (Lipinski definition) is 2. The Morgan fingerprint density at radius 1 is 1.21 bits per heavy atom. The maximum Gasteiger partial charge on any atom is 0.193 e. The highest BCUT2D eigenvalue weighted by Gasteiger charge is 2.13. The number of hydrogen-bond acceptors (Lipinski definition) is 2. The van der Waals surface area contributed by atoms with Crippen LogP contribution in [0, 0.1) is 6.92 Å². The molecule has 0 aliphatic carbocycles. The maximum absolute atomic E-state index is 5.98. The number of nitrogens with one attached hydrogen (secondary N) is 1. The van der Waals surface area contributed by atoms with E-state index in [-0.39, 0.29) is 24.0 Å². The lowest BCUT2D eigenvalue weighted by Crippen LogP contribution is -2.24. The molecular weight excluding hydrogens is 411 g/mol. The standard InChI is InChI=1S/C19H24N4.HI/c1-14-5-8-17(9-6-14)22-19(20)21-13-15-7-10-18-16(12-15)4-3-11-23(18)2;/h5-10,12H,3-4,11,13H2,1-2H3,(H3,20,21,22);1H. The van der Waals surface area contributed by atoms with Gasteiger partial charge in [-0.3, -0.25) is 0 Å². The van der Waals surface area contributed by atoms with Crippen molar-refractivity contribution >= 4 is 41.3 Å². The van der Waals surface area contributed by atoms with E-state index >= 15 is 0 Å². The molecule has 1 heterocycles. The van der Waals surface area contributed by atoms with E-state index in [0.29, 0.717) is 12.5 Å². The first kappa shape index (κ1) is 18.6. The van der Waals surface area contributed by atoms with Gasteiger partial charge in [-0.2, -0.15) is 0 Å². The Morgan fingerprint density at radius 2 is 1.96 bits per heavy atom. The lowest BCUT2D eigenvalue weighted by molar-refractivity contribution is 0.743. The molecule has 0 amide bonds. The number of aliphatic imine (C=N–C) groups is 1. The van der Waals surface area contributed by atoms with E-state index < -0.39 is 0 Å². The van der Waals surface area contributed by atoms with E-state index in [1.165, 1.54) is 28.8 Å². The van der Waals surface area contributed by atoms with Gasteiger partial charge in [-0.25, -0.2) is 4.99 Å². The Bertz CT molecular complexity index is 710. The molecule has 2 aromatic carbocycles. The highest BCUT2D eigenvalue weighted by atomic mass is 127. The number of guanidine groups is 1. The van der Waals surface area contributed by atoms with Crippen molar-refractivity contribution in [3.63, 3.8) is 0 Å². The van der Waals surface area contributed by atoms with E-state index in [9.17, 15) is 0 Å². The fourth-order valence-corrected chi connectivity index (χ4v) is 2.94. The van der Waals surface area contributed by atoms with Crippen LogP contribution in [-0.2, 0) is 13.0 Å². The Kier molecular flexibility index (Phi) is 6.48. The summed E-state index contributed by atoms with van der Waals surface area (Å²) in [5.41, 5.74) is 12.1. The van der Waals surface area contributed by atoms with Crippen LogP contribution in [0.2, 0.25) is 0 Å². The fraction of sp³-hybridized carbons (Fsp3) is 0.316. The molecule has 1 aliphatic rings. The number of fused-ring (bicyclic) bond motifs is 1. The summed E-state index contributed by atoms with van der Waals surface area (Å²) in [7, 11) is 2.15. The van der Waals surface area contributed by atoms with Crippen LogP contribution >= 0.6 is 24.0 Å². The minimum Gasteiger partial charge on any atom is -0.374 e. The van der Waals surface area contributed by atoms with Crippen LogP contribution in [0.4, 0.5) is 11.4 Å². The van der Waals surface area contributed by atoms with Gasteiger partial charge in [0, 0.05) is 25.0 Å². The molecule has 0 bridgehead atoms. The van der Waals surface area contributed by atoms with Crippen LogP contribution < -0.4 is 16.0 Å². The molecule has 24 heavy (non-hydrogen) atoms. The third-order valence-electron chi connectivity index (χ3n) is 4.25. The summed E-state index contributed by atoms with van der Waals surface area (Å²) in [5, 5.41) is 3.13. The van der Waals surface area contributed by atoms with Crippen LogP contribution in [0.5, 0.6) is 0 Å². The van der Waals surface area contributed by atoms with Crippen molar-refractivity contribution in [3.8, 4) is 0 Å². The summed E-state index contributed by atoms with van der Waals surface area (Å²) in [6.07, 6.45) is 2.36. The number of benzene rings is 2. The Hall–Kier alpha value is -1.76. The molecule has 1 aliphatic heterocycles. The molecule has 0 aromatic heterocycles. The fourth-order valence-electron chi connectivity index (χ4n) is 2.94. The van der Waals surface area contributed by atoms with Gasteiger partial charge in [0.1, 0.15) is 0 Å². The van der Waals surface area contributed by atoms with E-state index in [0.717, 1.165) is 18.7 Å². The summed E-state index contributed by atoms with van der Waals surface area (Å²) in [6, 6.07) is 14.7. The second kappa shape index (κ2) is 8.37. The Morgan fingerprint density at radius 3 is 2.71 bits per heavy atom. The Balaban J connectivity index is 0.00000208. The van der Waals surface area contributed by atoms with Crippen LogP contribution in [-0.4, -0.2) is 19.6 Å². The number of nitrogens with two attached hydrogens (primary N) is 1. The second-order valence-electron chi connectivity index (χ2n) is 6.18. The minimum atomic E-state index is 0. The van der Waals surface area contributed by atoms with E-state index in [2.05, 4.69) is 59.5 Å². The topological polar surface area (TPSA) is 53.6 Å². The van der Waals surface area contributed by atoms with Crippen molar-refractivity contribution < 1.29 is 0 Å². The normalized spacial score (nSPS) is 13.9. The van der Waals surface area contributed by atoms with Gasteiger partial charge in [0.05, 0.1) is 6.54 Å². The summed E-state index contributed by atoms with van der Waals surface area (Å²) < 4.78 is 0. The third kappa shape index (κ3) is 4.63. The van der Waals surface area contributed by atoms with Crippen molar-refractivity contribution in [1.82, 2.24) is 0 Å². The van der Waals surface area contributed by atoms with E-state index in [4.69, 9.17) is 5.73 Å². The van der Waals surface area contributed by atoms with Gasteiger partial charge in [-0.05, 0) is 49.1 Å². The number of anilines is 2. The molecular formula is C19H25IN4. The monoisotopic (exact) mass is 436 g/mol. The van der Waals surface area contributed by atoms with Crippen LogP contribution in [0.3, 0.4) is 0 Å². The van der Waals surface area contributed by atoms with Crippen molar-refractivity contribution in [2.45, 2.75) is 26.3 Å². The van der Waals surface area contributed by atoms with Crippen molar-refractivity contribution in [2.75, 3.05) is 23.8 Å². The second-order valence-corrected chi connectivity index (χ2v) is 6.18. The van der Waals surface area contributed by atoms with Crippen molar-refractivity contribution in [1.29, 1.82) is 0 Å². The zero-order valence-electron chi connectivity index (χ0n) is 14.2. The quantitative estimate of drug-likeness (QED) is 0.436. The smallest absolute Gasteiger partial charge is 0.193 e. The van der Waals surface area contributed by atoms with Gasteiger partial charge in [0.2, 0.25) is 0 Å². The molecule has 128 valence electrons. The van der Waals surface area contributed by atoms with Gasteiger partial charge in [0.25, 0.3) is 0 Å². The molecule has 4 nitrogen and oxygen atoms in total. The number of aryl methyl sites for hydroxylation is 2. The average Bonchev–Trinajstić information content (AvgIpc) is 2.55.